The Morgan fingerprint density at radius 2 is 2.18 bits per heavy atom. The van der Waals surface area contributed by atoms with E-state index in [-0.39, 0.29) is 6.10 Å². The van der Waals surface area contributed by atoms with E-state index in [4.69, 9.17) is 15.2 Å². The first-order chi connectivity index (χ1) is 8.26. The normalized spacial score (nSPS) is 13.2. The van der Waals surface area contributed by atoms with Crippen LogP contribution in [0.3, 0.4) is 0 Å². The molecule has 4 heteroatoms. The molecule has 0 saturated heterocycles. The van der Waals surface area contributed by atoms with Crippen molar-refractivity contribution >= 4 is 13.9 Å². The van der Waals surface area contributed by atoms with Gasteiger partial charge in [-0.2, -0.15) is 0 Å². The third-order valence-corrected chi connectivity index (χ3v) is 3.78. The van der Waals surface area contributed by atoms with Crippen molar-refractivity contribution in [2.24, 2.45) is 5.73 Å². The van der Waals surface area contributed by atoms with Crippen molar-refractivity contribution in [3.05, 3.63) is 23.8 Å². The molecule has 0 spiro atoms. The van der Waals surface area contributed by atoms with Gasteiger partial charge in [0.25, 0.3) is 0 Å². The molecule has 2 atom stereocenters. The van der Waals surface area contributed by atoms with Gasteiger partial charge in [0.15, 0.2) is 0 Å². The number of methoxy groups -OCH3 is 1. The first kappa shape index (κ1) is 14.4. The van der Waals surface area contributed by atoms with Crippen LogP contribution in [0.2, 0.25) is 0 Å². The molecule has 0 aliphatic rings. The second-order valence-electron chi connectivity index (χ2n) is 3.79. The Hall–Kier alpha value is -0.630. The maximum Gasteiger partial charge on any atom is 0.123 e. The highest BCUT2D eigenvalue weighted by atomic mass is 31.1. The van der Waals surface area contributed by atoms with Crippen LogP contribution in [0.25, 0.3) is 0 Å². The molecule has 3 nitrogen and oxygen atoms in total. The Bertz CT molecular complexity index is 340. The van der Waals surface area contributed by atoms with E-state index in [0.29, 0.717) is 13.2 Å². The van der Waals surface area contributed by atoms with Crippen molar-refractivity contribution in [3.8, 4) is 5.75 Å². The largest absolute Gasteiger partial charge is 0.491 e. The van der Waals surface area contributed by atoms with E-state index >= 15 is 0 Å². The summed E-state index contributed by atoms with van der Waals surface area (Å²) in [6, 6.07) is 6.23. The van der Waals surface area contributed by atoms with Crippen molar-refractivity contribution in [3.63, 3.8) is 0 Å². The van der Waals surface area contributed by atoms with Gasteiger partial charge in [-0.05, 0) is 24.5 Å². The van der Waals surface area contributed by atoms with Gasteiger partial charge in [0.05, 0.1) is 0 Å². The lowest BCUT2D eigenvalue weighted by Gasteiger charge is -2.17. The van der Waals surface area contributed by atoms with Crippen molar-refractivity contribution in [2.45, 2.75) is 19.4 Å². The third-order valence-electron chi connectivity index (χ3n) is 2.78. The van der Waals surface area contributed by atoms with Crippen LogP contribution < -0.4 is 15.8 Å². The van der Waals surface area contributed by atoms with Crippen molar-refractivity contribution in [2.75, 3.05) is 26.9 Å². The van der Waals surface area contributed by atoms with Gasteiger partial charge in [0.2, 0.25) is 0 Å². The molecule has 0 heterocycles. The highest BCUT2D eigenvalue weighted by Crippen LogP contribution is 2.21. The lowest BCUT2D eigenvalue weighted by Crippen LogP contribution is -2.29. The number of nitrogens with two attached hydrogens (primary N) is 1. The maximum absolute atomic E-state index is 5.81. The molecule has 96 valence electrons. The Kier molecular flexibility index (Phi) is 6.49. The minimum atomic E-state index is -0.0348. The van der Waals surface area contributed by atoms with Crippen LogP contribution in [0.5, 0.6) is 5.75 Å². The molecule has 0 aliphatic heterocycles. The number of hydrogen-bond acceptors (Lipinski definition) is 3. The van der Waals surface area contributed by atoms with Crippen molar-refractivity contribution < 1.29 is 9.47 Å². The van der Waals surface area contributed by atoms with Crippen LogP contribution in [0, 0.1) is 0 Å². The summed E-state index contributed by atoms with van der Waals surface area (Å²) in [6.07, 6.45) is 0.958. The van der Waals surface area contributed by atoms with Gasteiger partial charge in [-0.15, -0.1) is 0 Å². The van der Waals surface area contributed by atoms with E-state index in [0.717, 1.165) is 20.8 Å². The predicted octanol–water partition coefficient (Wildman–Crippen LogP) is 1.54. The van der Waals surface area contributed by atoms with E-state index in [2.05, 4.69) is 19.7 Å². The maximum atomic E-state index is 5.81. The second-order valence-corrected chi connectivity index (χ2v) is 4.83. The standard InChI is InChI=1S/C13H22NO2P/c1-4-11-12(6-5-7-13(11)17-3)16-9-10(8-14)15-2/h5-7,10,17H,4,8-9,14H2,1-3H3. The molecular formula is C13H22NO2P. The fourth-order valence-electron chi connectivity index (χ4n) is 1.71. The van der Waals surface area contributed by atoms with Gasteiger partial charge < -0.3 is 15.2 Å². The third kappa shape index (κ3) is 3.95. The Balaban J connectivity index is 2.76. The van der Waals surface area contributed by atoms with Gasteiger partial charge in [0, 0.05) is 19.2 Å². The zero-order valence-corrected chi connectivity index (χ0v) is 11.8. The number of rotatable bonds is 7. The van der Waals surface area contributed by atoms with E-state index in [1.165, 1.54) is 10.9 Å². The summed E-state index contributed by atoms with van der Waals surface area (Å²) in [7, 11) is 2.45. The first-order valence-corrected chi connectivity index (χ1v) is 7.42. The van der Waals surface area contributed by atoms with Gasteiger partial charge in [-0.3, -0.25) is 0 Å². The van der Waals surface area contributed by atoms with Crippen LogP contribution in [0.15, 0.2) is 18.2 Å². The predicted molar refractivity (Wildman–Crippen MR) is 75.0 cm³/mol. The van der Waals surface area contributed by atoms with E-state index < -0.39 is 0 Å². The summed E-state index contributed by atoms with van der Waals surface area (Å²) < 4.78 is 11.0. The Morgan fingerprint density at radius 1 is 1.41 bits per heavy atom. The van der Waals surface area contributed by atoms with Crippen LogP contribution in [-0.2, 0) is 11.2 Å². The Morgan fingerprint density at radius 3 is 2.71 bits per heavy atom. The van der Waals surface area contributed by atoms with Crippen LogP contribution in [0.4, 0.5) is 0 Å². The van der Waals surface area contributed by atoms with Crippen molar-refractivity contribution in [1.29, 1.82) is 0 Å². The molecule has 1 rings (SSSR count). The second kappa shape index (κ2) is 7.65. The van der Waals surface area contributed by atoms with Crippen LogP contribution >= 0.6 is 8.58 Å². The summed E-state index contributed by atoms with van der Waals surface area (Å²) in [4.78, 5) is 0. The zero-order valence-electron chi connectivity index (χ0n) is 10.8. The zero-order chi connectivity index (χ0) is 12.7. The summed E-state index contributed by atoms with van der Waals surface area (Å²) in [5, 5.41) is 1.38. The molecule has 0 fully saturated rings. The number of ether oxygens (including phenoxy) is 2. The summed E-state index contributed by atoms with van der Waals surface area (Å²) >= 11 is 0. The van der Waals surface area contributed by atoms with Crippen molar-refractivity contribution in [1.82, 2.24) is 0 Å². The molecule has 2 unspecified atom stereocenters. The Labute approximate surface area is 105 Å². The van der Waals surface area contributed by atoms with Gasteiger partial charge in [-0.25, -0.2) is 0 Å². The van der Waals surface area contributed by atoms with Gasteiger partial charge >= 0.3 is 0 Å². The average Bonchev–Trinajstić information content (AvgIpc) is 2.39. The lowest BCUT2D eigenvalue weighted by atomic mass is 10.1. The number of benzene rings is 1. The molecule has 0 amide bonds. The van der Waals surface area contributed by atoms with Crippen LogP contribution in [-0.4, -0.2) is 33.0 Å². The van der Waals surface area contributed by atoms with E-state index in [9.17, 15) is 0 Å². The quantitative estimate of drug-likeness (QED) is 0.752. The minimum Gasteiger partial charge on any atom is -0.491 e. The highest BCUT2D eigenvalue weighted by molar-refractivity contribution is 7.46. The summed E-state index contributed by atoms with van der Waals surface area (Å²) in [6.45, 7) is 5.34. The molecule has 0 aliphatic carbocycles. The molecule has 0 aromatic heterocycles. The molecule has 1 aromatic rings. The van der Waals surface area contributed by atoms with E-state index in [1.807, 2.05) is 12.1 Å². The average molecular weight is 255 g/mol. The minimum absolute atomic E-state index is 0.0348. The lowest BCUT2D eigenvalue weighted by molar-refractivity contribution is 0.0641. The number of hydrogen-bond donors (Lipinski definition) is 1. The highest BCUT2D eigenvalue weighted by Gasteiger charge is 2.10. The van der Waals surface area contributed by atoms with Gasteiger partial charge in [-0.1, -0.05) is 27.6 Å². The molecule has 0 bridgehead atoms. The topological polar surface area (TPSA) is 44.5 Å². The monoisotopic (exact) mass is 255 g/mol. The molecule has 2 N–H and O–H groups in total. The smallest absolute Gasteiger partial charge is 0.123 e. The molecule has 17 heavy (non-hydrogen) atoms. The first-order valence-electron chi connectivity index (χ1n) is 5.92. The molecular weight excluding hydrogens is 233 g/mol. The SMILES string of the molecule is CCc1c(OCC(CN)OC)cccc1PC. The van der Waals surface area contributed by atoms with Crippen LogP contribution in [0.1, 0.15) is 12.5 Å². The fourth-order valence-corrected chi connectivity index (χ4v) is 2.58. The molecule has 0 radical (unpaired) electrons. The van der Waals surface area contributed by atoms with Gasteiger partial charge in [0.1, 0.15) is 18.5 Å². The summed E-state index contributed by atoms with van der Waals surface area (Å²) in [5.74, 6) is 0.967. The molecule has 0 saturated carbocycles. The van der Waals surface area contributed by atoms with E-state index in [1.54, 1.807) is 7.11 Å². The fraction of sp³-hybridized carbons (Fsp3) is 0.538. The molecule has 1 aromatic carbocycles. The summed E-state index contributed by atoms with van der Waals surface area (Å²) in [5.41, 5.74) is 6.88.